The molecular weight excluding hydrogens is 248 g/mol. The summed E-state index contributed by atoms with van der Waals surface area (Å²) < 4.78 is 2.05. The first-order chi connectivity index (χ1) is 9.69. The van der Waals surface area contributed by atoms with E-state index >= 15 is 0 Å². The Morgan fingerprint density at radius 3 is 3.05 bits per heavy atom. The van der Waals surface area contributed by atoms with E-state index in [1.165, 1.54) is 0 Å². The molecule has 4 heteroatoms. The van der Waals surface area contributed by atoms with Crippen LogP contribution in [0.15, 0.2) is 30.6 Å². The molecule has 1 aliphatic heterocycles. The van der Waals surface area contributed by atoms with Gasteiger partial charge >= 0.3 is 0 Å². The van der Waals surface area contributed by atoms with E-state index in [4.69, 9.17) is 0 Å². The fourth-order valence-corrected chi connectivity index (χ4v) is 2.96. The van der Waals surface area contributed by atoms with Crippen LogP contribution >= 0.6 is 0 Å². The number of piperazine rings is 1. The summed E-state index contributed by atoms with van der Waals surface area (Å²) in [6.45, 7) is 7.33. The summed E-state index contributed by atoms with van der Waals surface area (Å²) in [7, 11) is 0. The smallest absolute Gasteiger partial charge is 0.102 e. The molecule has 0 amide bonds. The van der Waals surface area contributed by atoms with Crippen molar-refractivity contribution in [1.82, 2.24) is 14.6 Å². The summed E-state index contributed by atoms with van der Waals surface area (Å²) >= 11 is 0. The first-order valence-electron chi connectivity index (χ1n) is 7.15. The Morgan fingerprint density at radius 1 is 1.40 bits per heavy atom. The quantitative estimate of drug-likeness (QED) is 0.906. The summed E-state index contributed by atoms with van der Waals surface area (Å²) in [6.07, 6.45) is 4.09. The summed E-state index contributed by atoms with van der Waals surface area (Å²) in [5.41, 5.74) is 2.93. The predicted molar refractivity (Wildman–Crippen MR) is 79.4 cm³/mol. The number of nitriles is 1. The average molecular weight is 268 g/mol. The van der Waals surface area contributed by atoms with Gasteiger partial charge in [-0.3, -0.25) is 4.90 Å². The van der Waals surface area contributed by atoms with Gasteiger partial charge in [0, 0.05) is 49.7 Å². The predicted octanol–water partition coefficient (Wildman–Crippen LogP) is 1.99. The highest BCUT2D eigenvalue weighted by Crippen LogP contribution is 2.21. The molecule has 20 heavy (non-hydrogen) atoms. The standard InChI is InChI=1S/C16H20N4/c1-12-9-20(13(2)8-18-12)11-14-10-19-6-4-3-5-16(19)15(14)7-17/h3-6,10,12-13,18H,8-9,11H2,1-2H3. The molecule has 3 rings (SSSR count). The minimum absolute atomic E-state index is 0.501. The second-order valence-corrected chi connectivity index (χ2v) is 5.72. The molecule has 2 aromatic heterocycles. The topological polar surface area (TPSA) is 43.5 Å². The fourth-order valence-electron chi connectivity index (χ4n) is 2.96. The van der Waals surface area contributed by atoms with Gasteiger partial charge in [-0.05, 0) is 26.0 Å². The molecular formula is C16H20N4. The minimum atomic E-state index is 0.501. The van der Waals surface area contributed by atoms with Gasteiger partial charge in [0.1, 0.15) is 6.07 Å². The lowest BCUT2D eigenvalue weighted by Crippen LogP contribution is -2.53. The molecule has 104 valence electrons. The highest BCUT2D eigenvalue weighted by molar-refractivity contribution is 5.65. The Balaban J connectivity index is 1.92. The number of hydrogen-bond acceptors (Lipinski definition) is 3. The maximum Gasteiger partial charge on any atom is 0.102 e. The monoisotopic (exact) mass is 268 g/mol. The molecule has 4 nitrogen and oxygen atoms in total. The Kier molecular flexibility index (Phi) is 3.47. The zero-order chi connectivity index (χ0) is 14.1. The first-order valence-corrected chi connectivity index (χ1v) is 7.15. The van der Waals surface area contributed by atoms with Crippen molar-refractivity contribution in [1.29, 1.82) is 5.26 Å². The van der Waals surface area contributed by atoms with E-state index in [1.807, 2.05) is 28.8 Å². The minimum Gasteiger partial charge on any atom is -0.322 e. The third kappa shape index (κ3) is 2.31. The molecule has 3 heterocycles. The van der Waals surface area contributed by atoms with Crippen LogP contribution in [0.25, 0.3) is 5.52 Å². The van der Waals surface area contributed by atoms with Gasteiger partial charge in [0.05, 0.1) is 11.1 Å². The maximum absolute atomic E-state index is 9.46. The van der Waals surface area contributed by atoms with Crippen LogP contribution < -0.4 is 5.32 Å². The molecule has 0 aromatic carbocycles. The van der Waals surface area contributed by atoms with Crippen molar-refractivity contribution < 1.29 is 0 Å². The van der Waals surface area contributed by atoms with Gasteiger partial charge in [-0.15, -0.1) is 0 Å². The third-order valence-corrected chi connectivity index (χ3v) is 4.14. The van der Waals surface area contributed by atoms with Crippen LogP contribution in [0.4, 0.5) is 0 Å². The molecule has 2 atom stereocenters. The lowest BCUT2D eigenvalue weighted by atomic mass is 10.1. The van der Waals surface area contributed by atoms with Crippen molar-refractivity contribution in [3.8, 4) is 6.07 Å². The molecule has 1 N–H and O–H groups in total. The Morgan fingerprint density at radius 2 is 2.25 bits per heavy atom. The molecule has 1 saturated heterocycles. The Hall–Kier alpha value is -1.83. The number of nitrogens with zero attached hydrogens (tertiary/aromatic N) is 3. The van der Waals surface area contributed by atoms with Crippen LogP contribution in [0.3, 0.4) is 0 Å². The average Bonchev–Trinajstić information content (AvgIpc) is 2.80. The zero-order valence-electron chi connectivity index (χ0n) is 12.0. The molecule has 0 aliphatic carbocycles. The third-order valence-electron chi connectivity index (χ3n) is 4.14. The highest BCUT2D eigenvalue weighted by atomic mass is 15.2. The highest BCUT2D eigenvalue weighted by Gasteiger charge is 2.23. The number of nitrogens with one attached hydrogen (secondary N) is 1. The van der Waals surface area contributed by atoms with Crippen molar-refractivity contribution in [2.24, 2.45) is 0 Å². The lowest BCUT2D eigenvalue weighted by Gasteiger charge is -2.37. The van der Waals surface area contributed by atoms with Gasteiger partial charge in [0.25, 0.3) is 0 Å². The van der Waals surface area contributed by atoms with Gasteiger partial charge in [-0.1, -0.05) is 6.07 Å². The van der Waals surface area contributed by atoms with E-state index < -0.39 is 0 Å². The number of aromatic nitrogens is 1. The van der Waals surface area contributed by atoms with Crippen LogP contribution in [-0.4, -0.2) is 34.5 Å². The second kappa shape index (κ2) is 5.28. The van der Waals surface area contributed by atoms with Crippen LogP contribution in [0.2, 0.25) is 0 Å². The number of hydrogen-bond donors (Lipinski definition) is 1. The normalized spacial score (nSPS) is 23.9. The molecule has 1 aliphatic rings. The molecule has 2 unspecified atom stereocenters. The lowest BCUT2D eigenvalue weighted by molar-refractivity contribution is 0.139. The van der Waals surface area contributed by atoms with Gasteiger partial charge in [-0.2, -0.15) is 5.26 Å². The first kappa shape index (κ1) is 13.2. The largest absolute Gasteiger partial charge is 0.322 e. The number of rotatable bonds is 2. The fraction of sp³-hybridized carbons (Fsp3) is 0.438. The molecule has 0 spiro atoms. The van der Waals surface area contributed by atoms with E-state index in [2.05, 4.69) is 36.3 Å². The van der Waals surface area contributed by atoms with Gasteiger partial charge in [0.2, 0.25) is 0 Å². The molecule has 2 aromatic rings. The Bertz CT molecular complexity index is 652. The van der Waals surface area contributed by atoms with Crippen LogP contribution in [0.5, 0.6) is 0 Å². The van der Waals surface area contributed by atoms with Gasteiger partial charge in [-0.25, -0.2) is 0 Å². The van der Waals surface area contributed by atoms with Crippen LogP contribution in [0.1, 0.15) is 25.0 Å². The van der Waals surface area contributed by atoms with Crippen molar-refractivity contribution >= 4 is 5.52 Å². The van der Waals surface area contributed by atoms with Crippen LogP contribution in [-0.2, 0) is 6.54 Å². The zero-order valence-corrected chi connectivity index (χ0v) is 12.0. The van der Waals surface area contributed by atoms with Crippen LogP contribution in [0, 0.1) is 11.3 Å². The molecule has 0 bridgehead atoms. The molecule has 0 radical (unpaired) electrons. The SMILES string of the molecule is CC1CN(Cc2cn3ccccc3c2C#N)C(C)CN1. The number of fused-ring (bicyclic) bond motifs is 1. The van der Waals surface area contributed by atoms with Crippen molar-refractivity contribution in [2.45, 2.75) is 32.5 Å². The summed E-state index contributed by atoms with van der Waals surface area (Å²) in [5.74, 6) is 0. The van der Waals surface area contributed by atoms with Gasteiger partial charge in [0.15, 0.2) is 0 Å². The van der Waals surface area contributed by atoms with Crippen molar-refractivity contribution in [3.63, 3.8) is 0 Å². The van der Waals surface area contributed by atoms with E-state index in [1.54, 1.807) is 0 Å². The van der Waals surface area contributed by atoms with E-state index in [0.717, 1.165) is 36.3 Å². The second-order valence-electron chi connectivity index (χ2n) is 5.72. The summed E-state index contributed by atoms with van der Waals surface area (Å²) in [4.78, 5) is 2.46. The molecule has 1 fully saturated rings. The summed E-state index contributed by atoms with van der Waals surface area (Å²) in [6, 6.07) is 9.36. The van der Waals surface area contributed by atoms with Gasteiger partial charge < -0.3 is 9.72 Å². The number of pyridine rings is 1. The van der Waals surface area contributed by atoms with E-state index in [0.29, 0.717) is 12.1 Å². The van der Waals surface area contributed by atoms with Crippen molar-refractivity contribution in [3.05, 3.63) is 41.7 Å². The van der Waals surface area contributed by atoms with E-state index in [-0.39, 0.29) is 0 Å². The molecule has 0 saturated carbocycles. The maximum atomic E-state index is 9.46. The van der Waals surface area contributed by atoms with E-state index in [9.17, 15) is 5.26 Å². The van der Waals surface area contributed by atoms with Crippen molar-refractivity contribution in [2.75, 3.05) is 13.1 Å². The summed E-state index contributed by atoms with van der Waals surface area (Å²) in [5, 5.41) is 12.9. The Labute approximate surface area is 119 Å².